The van der Waals surface area contributed by atoms with Gasteiger partial charge in [0, 0.05) is 45.3 Å². The first-order valence-electron chi connectivity index (χ1n) is 18.7. The lowest BCUT2D eigenvalue weighted by Crippen LogP contribution is -2.45. The monoisotopic (exact) mass is 807 g/mol. The third kappa shape index (κ3) is 7.90. The lowest BCUT2D eigenvalue weighted by atomic mass is 9.89. The molecule has 278 valence electrons. The van der Waals surface area contributed by atoms with E-state index in [0.717, 1.165) is 106 Å². The Kier molecular flexibility index (Phi) is 10.7. The van der Waals surface area contributed by atoms with E-state index in [0.29, 0.717) is 24.4 Å². The third-order valence-electron chi connectivity index (χ3n) is 10.8. The van der Waals surface area contributed by atoms with Gasteiger partial charge in [-0.25, -0.2) is 4.79 Å². The van der Waals surface area contributed by atoms with Crippen molar-refractivity contribution in [3.05, 3.63) is 106 Å². The van der Waals surface area contributed by atoms with Gasteiger partial charge in [0.1, 0.15) is 17.5 Å². The Morgan fingerprint density at radius 3 is 2.46 bits per heavy atom. The molecule has 0 saturated carbocycles. The first-order valence-corrected chi connectivity index (χ1v) is 20.3. The normalized spacial score (nSPS) is 17.9. The van der Waals surface area contributed by atoms with Crippen molar-refractivity contribution in [2.75, 3.05) is 31.5 Å². The standard InChI is InChI=1S/C43H42BrN3O6S/c44-31-8-4-29(5-9-31)41-40(36-15-11-33(48)25-38(36)54-41)52-34-12-6-27(7-13-34)28-18-22-46(23-19-28)21-3-1-2-20-45-32-10-14-35-30(24-32)26-47(42(35)50)37-16-17-39(49)53-43(37)51/h4-15,24-25,28,37,45,48H,1-3,16-23,26H2. The zero-order valence-electron chi connectivity index (χ0n) is 29.9. The summed E-state index contributed by atoms with van der Waals surface area (Å²) >= 11 is 5.16. The molecule has 2 N–H and O–H groups in total. The summed E-state index contributed by atoms with van der Waals surface area (Å²) in [7, 11) is 0. The van der Waals surface area contributed by atoms with Crippen LogP contribution in [-0.2, 0) is 20.9 Å². The molecule has 1 unspecified atom stereocenters. The fraction of sp³-hybridized carbons (Fsp3) is 0.326. The number of anilines is 1. The zero-order chi connectivity index (χ0) is 37.2. The molecule has 11 heteroatoms. The van der Waals surface area contributed by atoms with Gasteiger partial charge in [-0.15, -0.1) is 11.3 Å². The molecule has 1 atom stereocenters. The molecule has 54 heavy (non-hydrogen) atoms. The van der Waals surface area contributed by atoms with Gasteiger partial charge in [-0.2, -0.15) is 0 Å². The van der Waals surface area contributed by atoms with Crippen LogP contribution in [0.15, 0.2) is 89.4 Å². The fourth-order valence-corrected chi connectivity index (χ4v) is 9.26. The van der Waals surface area contributed by atoms with E-state index >= 15 is 0 Å². The predicted octanol–water partition coefficient (Wildman–Crippen LogP) is 9.48. The summed E-state index contributed by atoms with van der Waals surface area (Å²) in [6, 6.07) is 27.3. The number of thiophene rings is 1. The summed E-state index contributed by atoms with van der Waals surface area (Å²) < 4.78 is 13.3. The minimum atomic E-state index is -0.702. The van der Waals surface area contributed by atoms with Crippen molar-refractivity contribution in [1.82, 2.24) is 9.80 Å². The van der Waals surface area contributed by atoms with E-state index in [1.165, 1.54) is 10.5 Å². The van der Waals surface area contributed by atoms with Gasteiger partial charge in [0.2, 0.25) is 0 Å². The van der Waals surface area contributed by atoms with Gasteiger partial charge in [0.05, 0.1) is 4.88 Å². The minimum Gasteiger partial charge on any atom is -0.508 e. The molecule has 0 radical (unpaired) electrons. The number of halogens is 1. The Bertz CT molecular complexity index is 2180. The molecule has 4 heterocycles. The number of hydrogen-bond donors (Lipinski definition) is 2. The number of benzene rings is 4. The van der Waals surface area contributed by atoms with Crippen molar-refractivity contribution >= 4 is 60.9 Å². The van der Waals surface area contributed by atoms with E-state index in [1.54, 1.807) is 23.5 Å². The van der Waals surface area contributed by atoms with Crippen LogP contribution < -0.4 is 10.1 Å². The SMILES string of the molecule is O=C1CCC(N2Cc3cc(NCCCCCN4CCC(c5ccc(Oc6c(-c7ccc(Br)cc7)sc7cc(O)ccc67)cc5)CC4)ccc3C2=O)C(=O)O1. The van der Waals surface area contributed by atoms with E-state index in [9.17, 15) is 19.5 Å². The number of cyclic esters (lactones) is 2. The molecular weight excluding hydrogens is 766 g/mol. The van der Waals surface area contributed by atoms with Crippen LogP contribution in [0.4, 0.5) is 5.69 Å². The van der Waals surface area contributed by atoms with Gasteiger partial charge in [-0.3, -0.25) is 9.59 Å². The number of carbonyl (C=O) groups is 3. The average Bonchev–Trinajstić information content (AvgIpc) is 3.69. The number of fused-ring (bicyclic) bond motifs is 2. The molecule has 2 saturated heterocycles. The van der Waals surface area contributed by atoms with Gasteiger partial charge < -0.3 is 29.7 Å². The third-order valence-corrected chi connectivity index (χ3v) is 12.5. The molecule has 4 aromatic carbocycles. The van der Waals surface area contributed by atoms with Gasteiger partial charge >= 0.3 is 11.9 Å². The molecule has 3 aliphatic rings. The lowest BCUT2D eigenvalue weighted by molar-refractivity contribution is -0.167. The predicted molar refractivity (Wildman–Crippen MR) is 214 cm³/mol. The number of phenols is 1. The number of hydrogen-bond acceptors (Lipinski definition) is 9. The van der Waals surface area contributed by atoms with Crippen LogP contribution in [0.3, 0.4) is 0 Å². The summed E-state index contributed by atoms with van der Waals surface area (Å²) in [6.45, 7) is 4.52. The summed E-state index contributed by atoms with van der Waals surface area (Å²) in [4.78, 5) is 41.8. The van der Waals surface area contributed by atoms with Crippen LogP contribution in [-0.4, -0.2) is 65.0 Å². The number of piperidine rings is 1. The van der Waals surface area contributed by atoms with Crippen molar-refractivity contribution in [3.63, 3.8) is 0 Å². The highest BCUT2D eigenvalue weighted by molar-refractivity contribution is 9.10. The maximum atomic E-state index is 12.9. The van der Waals surface area contributed by atoms with Crippen LogP contribution in [0.5, 0.6) is 17.2 Å². The number of likely N-dealkylation sites (tertiary alicyclic amines) is 1. The molecule has 2 fully saturated rings. The van der Waals surface area contributed by atoms with Crippen molar-refractivity contribution in [1.29, 1.82) is 0 Å². The van der Waals surface area contributed by atoms with E-state index < -0.39 is 18.0 Å². The van der Waals surface area contributed by atoms with Crippen LogP contribution >= 0.6 is 27.3 Å². The highest BCUT2D eigenvalue weighted by atomic mass is 79.9. The molecule has 8 rings (SSSR count). The van der Waals surface area contributed by atoms with E-state index in [4.69, 9.17) is 9.47 Å². The highest BCUT2D eigenvalue weighted by Crippen LogP contribution is 2.47. The van der Waals surface area contributed by atoms with E-state index in [1.807, 2.05) is 36.4 Å². The molecule has 0 bridgehead atoms. The Hall–Kier alpha value is -4.71. The smallest absolute Gasteiger partial charge is 0.336 e. The van der Waals surface area contributed by atoms with Crippen LogP contribution in [0.2, 0.25) is 0 Å². The second-order valence-corrected chi connectivity index (χ2v) is 16.3. The second kappa shape index (κ2) is 15.9. The summed E-state index contributed by atoms with van der Waals surface area (Å²) in [5.41, 5.74) is 4.90. The van der Waals surface area contributed by atoms with Crippen molar-refractivity contribution in [2.24, 2.45) is 0 Å². The van der Waals surface area contributed by atoms with Crippen molar-refractivity contribution < 1.29 is 29.0 Å². The van der Waals surface area contributed by atoms with Crippen molar-refractivity contribution in [2.45, 2.75) is 63.5 Å². The number of nitrogens with zero attached hydrogens (tertiary/aromatic N) is 2. The number of rotatable bonds is 12. The largest absolute Gasteiger partial charge is 0.508 e. The van der Waals surface area contributed by atoms with Gasteiger partial charge in [-0.05, 0) is 135 Å². The summed E-state index contributed by atoms with van der Waals surface area (Å²) in [5.74, 6) is 1.06. The lowest BCUT2D eigenvalue weighted by Gasteiger charge is -2.32. The first kappa shape index (κ1) is 36.3. The number of carbonyl (C=O) groups excluding carboxylic acids is 3. The Balaban J connectivity index is 0.771. The van der Waals surface area contributed by atoms with Crippen molar-refractivity contribution in [3.8, 4) is 27.7 Å². The number of phenolic OH excluding ortho intramolecular Hbond substituents is 1. The van der Waals surface area contributed by atoms with Crippen LogP contribution in [0.1, 0.15) is 72.3 Å². The molecule has 5 aromatic rings. The Morgan fingerprint density at radius 1 is 0.889 bits per heavy atom. The fourth-order valence-electron chi connectivity index (χ4n) is 7.83. The van der Waals surface area contributed by atoms with Crippen LogP contribution in [0, 0.1) is 0 Å². The molecular formula is C43H42BrN3O6S. The Labute approximate surface area is 327 Å². The molecule has 0 aliphatic carbocycles. The number of amides is 1. The average molecular weight is 809 g/mol. The zero-order valence-corrected chi connectivity index (χ0v) is 32.3. The van der Waals surface area contributed by atoms with E-state index in [2.05, 4.69) is 62.5 Å². The summed E-state index contributed by atoms with van der Waals surface area (Å²) in [5, 5.41) is 14.6. The molecule has 3 aliphatic heterocycles. The first-order chi connectivity index (χ1) is 26.3. The number of aromatic hydroxyl groups is 1. The number of unbranched alkanes of at least 4 members (excludes halogenated alkanes) is 2. The van der Waals surface area contributed by atoms with Gasteiger partial charge in [-0.1, -0.05) is 46.6 Å². The summed E-state index contributed by atoms with van der Waals surface area (Å²) in [6.07, 6.45) is 6.10. The molecule has 1 amide bonds. The maximum Gasteiger partial charge on any atom is 0.336 e. The van der Waals surface area contributed by atoms with Gasteiger partial charge in [0.15, 0.2) is 5.75 Å². The Morgan fingerprint density at radius 2 is 1.69 bits per heavy atom. The molecule has 9 nitrogen and oxygen atoms in total. The maximum absolute atomic E-state index is 12.9. The minimum absolute atomic E-state index is 0.145. The number of nitrogens with one attached hydrogen (secondary N) is 1. The highest BCUT2D eigenvalue weighted by Gasteiger charge is 2.40. The number of esters is 2. The molecule has 1 aromatic heterocycles. The number of ether oxygens (including phenoxy) is 2. The quantitative estimate of drug-likeness (QED) is 0.0730. The van der Waals surface area contributed by atoms with E-state index in [-0.39, 0.29) is 18.1 Å². The second-order valence-electron chi connectivity index (χ2n) is 14.4. The van der Waals surface area contributed by atoms with Crippen LogP contribution in [0.25, 0.3) is 20.5 Å². The molecule has 0 spiro atoms. The van der Waals surface area contributed by atoms with Gasteiger partial charge in [0.25, 0.3) is 5.91 Å². The topological polar surface area (TPSA) is 108 Å².